The Labute approximate surface area is 221 Å². The number of anilines is 1. The Morgan fingerprint density at radius 1 is 1.13 bits per heavy atom. The molecule has 15 heteroatoms. The number of rotatable bonds is 5. The van der Waals surface area contributed by atoms with Crippen LogP contribution in [0.5, 0.6) is 0 Å². The number of amides is 2. The van der Waals surface area contributed by atoms with Crippen molar-refractivity contribution in [1.29, 1.82) is 0 Å². The van der Waals surface area contributed by atoms with Crippen molar-refractivity contribution in [2.75, 3.05) is 11.9 Å². The molecule has 4 N–H and O–H groups in total. The fraction of sp³-hybridized carbons (Fsp3) is 0.217. The molecule has 1 aromatic carbocycles. The van der Waals surface area contributed by atoms with Crippen LogP contribution in [0.15, 0.2) is 59.5 Å². The number of aromatic nitrogens is 1. The Morgan fingerprint density at radius 3 is 2.42 bits per heavy atom. The summed E-state index contributed by atoms with van der Waals surface area (Å²) >= 11 is 7.03. The van der Waals surface area contributed by atoms with Gasteiger partial charge in [-0.1, -0.05) is 17.7 Å². The molecule has 0 saturated carbocycles. The zero-order valence-electron chi connectivity index (χ0n) is 19.1. The van der Waals surface area contributed by atoms with Crippen LogP contribution in [0.3, 0.4) is 0 Å². The Hall–Kier alpha value is -3.75. The van der Waals surface area contributed by atoms with Crippen LogP contribution < -0.4 is 21.5 Å². The second kappa shape index (κ2) is 12.2. The van der Waals surface area contributed by atoms with E-state index in [0.717, 1.165) is 0 Å². The lowest BCUT2D eigenvalue weighted by molar-refractivity contribution is -0.192. The minimum absolute atomic E-state index is 0.0141. The maximum absolute atomic E-state index is 14.5. The van der Waals surface area contributed by atoms with E-state index in [9.17, 15) is 31.9 Å². The van der Waals surface area contributed by atoms with Gasteiger partial charge in [0.2, 0.25) is 5.91 Å². The molecular weight excluding hydrogens is 556 g/mol. The molecule has 0 aliphatic carbocycles. The van der Waals surface area contributed by atoms with Gasteiger partial charge in [0.05, 0.1) is 26.6 Å². The largest absolute Gasteiger partial charge is 0.490 e. The number of halogens is 5. The number of thiophene rings is 1. The van der Waals surface area contributed by atoms with Crippen LogP contribution in [0.1, 0.15) is 16.1 Å². The monoisotopic (exact) mass is 574 g/mol. The Balaban J connectivity index is 0.000000505. The zero-order chi connectivity index (χ0) is 28.0. The summed E-state index contributed by atoms with van der Waals surface area (Å²) < 4.78 is 48.1. The minimum Gasteiger partial charge on any atom is -0.475 e. The number of hydrogen-bond donors (Lipinski definition) is 4. The number of nitrogens with zero attached hydrogens (tertiary/aromatic N) is 1. The van der Waals surface area contributed by atoms with Crippen molar-refractivity contribution < 1.29 is 37.1 Å². The van der Waals surface area contributed by atoms with Gasteiger partial charge in [-0.15, -0.1) is 11.3 Å². The molecule has 9 nitrogen and oxygen atoms in total. The van der Waals surface area contributed by atoms with E-state index in [1.54, 1.807) is 30.3 Å². The molecule has 0 radical (unpaired) electrons. The first-order valence-corrected chi connectivity index (χ1v) is 11.9. The number of nitrogens with one attached hydrogen (secondary N) is 3. The molecule has 38 heavy (non-hydrogen) atoms. The van der Waals surface area contributed by atoms with Gasteiger partial charge in [0.1, 0.15) is 5.82 Å². The van der Waals surface area contributed by atoms with E-state index in [1.165, 1.54) is 40.3 Å². The number of carbonyl (C=O) groups is 3. The Kier molecular flexibility index (Phi) is 9.25. The molecule has 2 atom stereocenters. The summed E-state index contributed by atoms with van der Waals surface area (Å²) in [7, 11) is 0. The van der Waals surface area contributed by atoms with E-state index in [0.29, 0.717) is 27.9 Å². The number of carboxylic acids is 1. The first-order chi connectivity index (χ1) is 17.8. The van der Waals surface area contributed by atoms with Crippen molar-refractivity contribution in [2.24, 2.45) is 0 Å². The van der Waals surface area contributed by atoms with Crippen molar-refractivity contribution in [3.8, 4) is 5.69 Å². The molecule has 1 fully saturated rings. The van der Waals surface area contributed by atoms with E-state index in [2.05, 4.69) is 16.0 Å². The molecule has 1 aliphatic heterocycles. The molecule has 2 amide bonds. The summed E-state index contributed by atoms with van der Waals surface area (Å²) in [6, 6.07) is 11.3. The lowest BCUT2D eigenvalue weighted by Gasteiger charge is -2.14. The van der Waals surface area contributed by atoms with Gasteiger partial charge in [0.25, 0.3) is 11.5 Å². The maximum atomic E-state index is 14.5. The number of benzene rings is 1. The highest BCUT2D eigenvalue weighted by Gasteiger charge is 2.38. The highest BCUT2D eigenvalue weighted by Crippen LogP contribution is 2.22. The lowest BCUT2D eigenvalue weighted by atomic mass is 10.1. The Bertz CT molecular complexity index is 1390. The maximum Gasteiger partial charge on any atom is 0.490 e. The molecule has 3 heterocycles. The van der Waals surface area contributed by atoms with Crippen LogP contribution >= 0.6 is 22.9 Å². The topological polar surface area (TPSA) is 130 Å². The molecule has 0 spiro atoms. The lowest BCUT2D eigenvalue weighted by Crippen LogP contribution is -2.35. The highest BCUT2D eigenvalue weighted by atomic mass is 35.5. The van der Waals surface area contributed by atoms with Gasteiger partial charge in [-0.05, 0) is 36.8 Å². The quantitative estimate of drug-likeness (QED) is 0.346. The fourth-order valence-electron chi connectivity index (χ4n) is 3.35. The SMILES string of the molecule is O=C(N[C@@H]1CN[C@H](C(=O)Nc2ccc(-n3ccccc3=O)cc2F)C1)c1ccc(Cl)s1.O=C(O)C(F)(F)F. The third kappa shape index (κ3) is 7.63. The molecule has 2 aromatic heterocycles. The van der Waals surface area contributed by atoms with Gasteiger partial charge in [-0.25, -0.2) is 9.18 Å². The van der Waals surface area contributed by atoms with E-state index in [4.69, 9.17) is 21.5 Å². The summed E-state index contributed by atoms with van der Waals surface area (Å²) in [4.78, 5) is 46.1. The van der Waals surface area contributed by atoms with E-state index >= 15 is 0 Å². The molecule has 0 unspecified atom stereocenters. The number of aliphatic carboxylic acids is 1. The van der Waals surface area contributed by atoms with E-state index in [1.807, 2.05) is 0 Å². The molecule has 1 saturated heterocycles. The van der Waals surface area contributed by atoms with Gasteiger partial charge in [-0.3, -0.25) is 19.0 Å². The predicted octanol–water partition coefficient (Wildman–Crippen LogP) is 3.42. The first-order valence-electron chi connectivity index (χ1n) is 10.7. The summed E-state index contributed by atoms with van der Waals surface area (Å²) in [5, 5.41) is 15.6. The standard InChI is InChI=1S/C21H18ClFN4O3S.C2HF3O2/c22-18-7-6-17(31-18)21(30)25-12-9-16(24-11-12)20(29)26-15-5-4-13(10-14(15)23)27-8-2-1-3-19(27)28;3-2(4,5)1(6)7/h1-8,10,12,16,24H,9,11H2,(H,25,30)(H,26,29);(H,6,7)/t12-,16-;/m0./s1. The minimum atomic E-state index is -5.08. The van der Waals surface area contributed by atoms with E-state index < -0.39 is 29.9 Å². The fourth-order valence-corrected chi connectivity index (χ4v) is 4.30. The van der Waals surface area contributed by atoms with Crippen molar-refractivity contribution in [3.63, 3.8) is 0 Å². The third-order valence-corrected chi connectivity index (χ3v) is 6.36. The van der Waals surface area contributed by atoms with E-state index in [-0.39, 0.29) is 23.2 Å². The summed E-state index contributed by atoms with van der Waals surface area (Å²) in [5.74, 6) is -4.06. The van der Waals surface area contributed by atoms with Crippen LogP contribution in [0.25, 0.3) is 5.69 Å². The predicted molar refractivity (Wildman–Crippen MR) is 131 cm³/mol. The highest BCUT2D eigenvalue weighted by molar-refractivity contribution is 7.18. The molecular formula is C23H19ClF4N4O5S. The summed E-state index contributed by atoms with van der Waals surface area (Å²) in [6.07, 6.45) is -3.17. The van der Waals surface area contributed by atoms with Crippen LogP contribution in [-0.2, 0) is 9.59 Å². The van der Waals surface area contributed by atoms with Gasteiger partial charge in [0.15, 0.2) is 0 Å². The molecule has 0 bridgehead atoms. The average Bonchev–Trinajstić information content (AvgIpc) is 3.50. The number of alkyl halides is 3. The van der Waals surface area contributed by atoms with Gasteiger partial charge >= 0.3 is 12.1 Å². The zero-order valence-corrected chi connectivity index (χ0v) is 20.7. The van der Waals surface area contributed by atoms with Gasteiger partial charge in [0, 0.05) is 30.9 Å². The van der Waals surface area contributed by atoms with Crippen LogP contribution in [-0.4, -0.2) is 52.3 Å². The molecule has 3 aromatic rings. The van der Waals surface area contributed by atoms with Gasteiger partial charge < -0.3 is 21.1 Å². The summed E-state index contributed by atoms with van der Waals surface area (Å²) in [6.45, 7) is 0.418. The molecule has 1 aliphatic rings. The van der Waals surface area contributed by atoms with Crippen LogP contribution in [0.2, 0.25) is 4.34 Å². The van der Waals surface area contributed by atoms with Crippen molar-refractivity contribution in [2.45, 2.75) is 24.7 Å². The van der Waals surface area contributed by atoms with Crippen molar-refractivity contribution >= 4 is 46.4 Å². The average molecular weight is 575 g/mol. The summed E-state index contributed by atoms with van der Waals surface area (Å²) in [5.41, 5.74) is 0.0866. The second-order valence-corrected chi connectivity index (χ2v) is 9.55. The van der Waals surface area contributed by atoms with Crippen LogP contribution in [0, 0.1) is 5.82 Å². The molecule has 4 rings (SSSR count). The normalized spacial score (nSPS) is 16.8. The number of pyridine rings is 1. The van der Waals surface area contributed by atoms with Crippen LogP contribution in [0.4, 0.5) is 23.2 Å². The number of carboxylic acid groups (broad SMARTS) is 1. The Morgan fingerprint density at radius 2 is 1.84 bits per heavy atom. The number of carbonyl (C=O) groups excluding carboxylic acids is 2. The van der Waals surface area contributed by atoms with Gasteiger partial charge in [-0.2, -0.15) is 13.2 Å². The van der Waals surface area contributed by atoms with Crippen molar-refractivity contribution in [1.82, 2.24) is 15.2 Å². The smallest absolute Gasteiger partial charge is 0.475 e. The number of hydrogen-bond acceptors (Lipinski definition) is 6. The first kappa shape index (κ1) is 28.8. The second-order valence-electron chi connectivity index (χ2n) is 7.84. The molecule has 202 valence electrons. The third-order valence-electron chi connectivity index (χ3n) is 5.13. The van der Waals surface area contributed by atoms with Crippen molar-refractivity contribution in [3.05, 3.63) is 80.1 Å².